The molecule has 1 unspecified atom stereocenters. The van der Waals surface area contributed by atoms with Gasteiger partial charge < -0.3 is 10.6 Å². The van der Waals surface area contributed by atoms with E-state index in [2.05, 4.69) is 33.5 Å². The highest BCUT2D eigenvalue weighted by molar-refractivity contribution is 9.10. The van der Waals surface area contributed by atoms with Gasteiger partial charge in [0.1, 0.15) is 0 Å². The fourth-order valence-corrected chi connectivity index (χ4v) is 1.98. The van der Waals surface area contributed by atoms with Crippen LogP contribution in [0, 0.1) is 0 Å². The molecule has 19 heavy (non-hydrogen) atoms. The lowest BCUT2D eigenvalue weighted by atomic mass is 10.2. The monoisotopic (exact) mass is 346 g/mol. The summed E-state index contributed by atoms with van der Waals surface area (Å²) in [6.07, 6.45) is 1.45. The van der Waals surface area contributed by atoms with Gasteiger partial charge in [-0.15, -0.1) is 0 Å². The second-order valence-corrected chi connectivity index (χ2v) is 5.81. The highest BCUT2D eigenvalue weighted by atomic mass is 79.9. The van der Waals surface area contributed by atoms with Crippen LogP contribution in [-0.2, 0) is 11.3 Å². The van der Waals surface area contributed by atoms with E-state index < -0.39 is 0 Å². The maximum absolute atomic E-state index is 11.5. The van der Waals surface area contributed by atoms with Crippen molar-refractivity contribution in [3.05, 3.63) is 33.3 Å². The quantitative estimate of drug-likeness (QED) is 0.741. The van der Waals surface area contributed by atoms with Gasteiger partial charge in [0.05, 0.1) is 5.02 Å². The summed E-state index contributed by atoms with van der Waals surface area (Å²) in [5.41, 5.74) is 1.11. The first kappa shape index (κ1) is 16.5. The van der Waals surface area contributed by atoms with Crippen LogP contribution in [0.15, 0.2) is 22.7 Å². The third-order valence-electron chi connectivity index (χ3n) is 2.86. The van der Waals surface area contributed by atoms with Crippen molar-refractivity contribution in [1.29, 1.82) is 0 Å². The average Bonchev–Trinajstić information content (AvgIpc) is 2.38. The summed E-state index contributed by atoms with van der Waals surface area (Å²) in [5.74, 6) is 0.0932. The predicted octanol–water partition coefficient (Wildman–Crippen LogP) is 3.50. The molecule has 1 aromatic rings. The van der Waals surface area contributed by atoms with Crippen molar-refractivity contribution < 1.29 is 4.79 Å². The number of rotatable bonds is 7. The maximum Gasteiger partial charge on any atom is 0.221 e. The van der Waals surface area contributed by atoms with Crippen LogP contribution in [-0.4, -0.2) is 18.5 Å². The van der Waals surface area contributed by atoms with Gasteiger partial charge in [-0.3, -0.25) is 4.79 Å². The Labute approximate surface area is 128 Å². The van der Waals surface area contributed by atoms with Crippen molar-refractivity contribution in [3.8, 4) is 0 Å². The maximum atomic E-state index is 11.5. The van der Waals surface area contributed by atoms with Gasteiger partial charge in [-0.05, 0) is 47.0 Å². The molecule has 0 aliphatic carbocycles. The highest BCUT2D eigenvalue weighted by Gasteiger charge is 2.05. The molecule has 0 aliphatic heterocycles. The first-order valence-corrected chi connectivity index (χ1v) is 7.64. The number of carbonyl (C=O) groups is 1. The number of amides is 1. The Morgan fingerprint density at radius 2 is 2.21 bits per heavy atom. The lowest BCUT2D eigenvalue weighted by molar-refractivity contribution is -0.121. The van der Waals surface area contributed by atoms with E-state index in [1.807, 2.05) is 25.1 Å². The molecule has 0 bridgehead atoms. The van der Waals surface area contributed by atoms with E-state index in [9.17, 15) is 4.79 Å². The zero-order chi connectivity index (χ0) is 14.3. The minimum atomic E-state index is 0.0932. The Morgan fingerprint density at radius 3 is 2.84 bits per heavy atom. The molecule has 0 aliphatic rings. The summed E-state index contributed by atoms with van der Waals surface area (Å²) >= 11 is 9.37. The minimum absolute atomic E-state index is 0.0932. The van der Waals surface area contributed by atoms with E-state index in [4.69, 9.17) is 11.6 Å². The molecular weight excluding hydrogens is 328 g/mol. The molecule has 0 heterocycles. The summed E-state index contributed by atoms with van der Waals surface area (Å²) in [4.78, 5) is 11.5. The first-order valence-electron chi connectivity index (χ1n) is 6.47. The van der Waals surface area contributed by atoms with Crippen LogP contribution in [0.4, 0.5) is 0 Å². The van der Waals surface area contributed by atoms with Crippen molar-refractivity contribution in [2.75, 3.05) is 6.54 Å². The van der Waals surface area contributed by atoms with Gasteiger partial charge in [0, 0.05) is 30.0 Å². The molecule has 1 amide bonds. The lowest BCUT2D eigenvalue weighted by Gasteiger charge is -2.11. The van der Waals surface area contributed by atoms with Crippen molar-refractivity contribution in [2.45, 2.75) is 39.3 Å². The van der Waals surface area contributed by atoms with Gasteiger partial charge >= 0.3 is 0 Å². The summed E-state index contributed by atoms with van der Waals surface area (Å²) in [5, 5.41) is 6.88. The van der Waals surface area contributed by atoms with E-state index in [1.165, 1.54) is 0 Å². The van der Waals surface area contributed by atoms with Crippen LogP contribution in [0.25, 0.3) is 0 Å². The standard InChI is InChI=1S/C14H20BrClN2O/c1-3-10(2)18-14(19)6-7-17-9-11-4-5-12(15)13(16)8-11/h4-5,8,10,17H,3,6-7,9H2,1-2H3,(H,18,19). The van der Waals surface area contributed by atoms with Gasteiger partial charge in [0.15, 0.2) is 0 Å². The molecule has 0 spiro atoms. The van der Waals surface area contributed by atoms with Gasteiger partial charge in [-0.2, -0.15) is 0 Å². The number of hydrogen-bond acceptors (Lipinski definition) is 2. The third-order valence-corrected chi connectivity index (χ3v) is 4.09. The van der Waals surface area contributed by atoms with Crippen LogP contribution in [0.2, 0.25) is 5.02 Å². The van der Waals surface area contributed by atoms with Crippen molar-refractivity contribution in [3.63, 3.8) is 0 Å². The summed E-state index contributed by atoms with van der Waals surface area (Å²) in [6.45, 7) is 5.44. The van der Waals surface area contributed by atoms with Crippen LogP contribution < -0.4 is 10.6 Å². The summed E-state index contributed by atoms with van der Waals surface area (Å²) < 4.78 is 0.894. The van der Waals surface area contributed by atoms with Crippen LogP contribution >= 0.6 is 27.5 Å². The molecule has 0 saturated carbocycles. The SMILES string of the molecule is CCC(C)NC(=O)CCNCc1ccc(Br)c(Cl)c1. The third kappa shape index (κ3) is 6.41. The molecule has 1 atom stereocenters. The first-order chi connectivity index (χ1) is 9.02. The molecule has 1 rings (SSSR count). The Morgan fingerprint density at radius 1 is 1.47 bits per heavy atom. The molecule has 5 heteroatoms. The molecule has 0 radical (unpaired) electrons. The van der Waals surface area contributed by atoms with Crippen molar-refractivity contribution in [2.24, 2.45) is 0 Å². The smallest absolute Gasteiger partial charge is 0.221 e. The lowest BCUT2D eigenvalue weighted by Crippen LogP contribution is -2.33. The molecule has 1 aromatic carbocycles. The second-order valence-electron chi connectivity index (χ2n) is 4.55. The predicted molar refractivity (Wildman–Crippen MR) is 83.4 cm³/mol. The van der Waals surface area contributed by atoms with Gasteiger partial charge in [-0.25, -0.2) is 0 Å². The summed E-state index contributed by atoms with van der Waals surface area (Å²) in [7, 11) is 0. The van der Waals surface area contributed by atoms with Gasteiger partial charge in [-0.1, -0.05) is 24.6 Å². The van der Waals surface area contributed by atoms with E-state index in [-0.39, 0.29) is 11.9 Å². The zero-order valence-electron chi connectivity index (χ0n) is 11.3. The largest absolute Gasteiger partial charge is 0.354 e. The van der Waals surface area contributed by atoms with Gasteiger partial charge in [0.2, 0.25) is 5.91 Å². The average molecular weight is 348 g/mol. The Hall–Kier alpha value is -0.580. The molecule has 3 nitrogen and oxygen atoms in total. The number of halogens is 2. The van der Waals surface area contributed by atoms with Crippen LogP contribution in [0.5, 0.6) is 0 Å². The molecule has 0 fully saturated rings. The molecular formula is C14H20BrClN2O. The topological polar surface area (TPSA) is 41.1 Å². The Bertz CT molecular complexity index is 426. The van der Waals surface area contributed by atoms with Gasteiger partial charge in [0.25, 0.3) is 0 Å². The normalized spacial score (nSPS) is 12.2. The fraction of sp³-hybridized carbons (Fsp3) is 0.500. The van der Waals surface area contributed by atoms with Crippen LogP contribution in [0.1, 0.15) is 32.3 Å². The molecule has 106 valence electrons. The zero-order valence-corrected chi connectivity index (χ0v) is 13.6. The Balaban J connectivity index is 2.23. The Kier molecular flexibility index (Phi) is 7.42. The minimum Gasteiger partial charge on any atom is -0.354 e. The number of nitrogens with one attached hydrogen (secondary N) is 2. The second kappa shape index (κ2) is 8.56. The highest BCUT2D eigenvalue weighted by Crippen LogP contribution is 2.22. The number of benzene rings is 1. The van der Waals surface area contributed by atoms with Crippen LogP contribution in [0.3, 0.4) is 0 Å². The van der Waals surface area contributed by atoms with Crippen molar-refractivity contribution in [1.82, 2.24) is 10.6 Å². The summed E-state index contributed by atoms with van der Waals surface area (Å²) in [6, 6.07) is 6.09. The molecule has 0 saturated heterocycles. The number of carbonyl (C=O) groups excluding carboxylic acids is 1. The molecule has 2 N–H and O–H groups in total. The van der Waals surface area contributed by atoms with E-state index >= 15 is 0 Å². The fourth-order valence-electron chi connectivity index (χ4n) is 1.53. The van der Waals surface area contributed by atoms with Crippen molar-refractivity contribution >= 4 is 33.4 Å². The van der Waals surface area contributed by atoms with E-state index in [1.54, 1.807) is 0 Å². The number of hydrogen-bond donors (Lipinski definition) is 2. The van der Waals surface area contributed by atoms with E-state index in [0.29, 0.717) is 24.5 Å². The molecule has 0 aromatic heterocycles. The van der Waals surface area contributed by atoms with E-state index in [0.717, 1.165) is 16.5 Å².